The predicted octanol–water partition coefficient (Wildman–Crippen LogP) is 6.71. The number of unbranched alkanes of at least 4 members (excludes halogenated alkanes) is 14. The molecule has 164 valence electrons. The van der Waals surface area contributed by atoms with Gasteiger partial charge < -0.3 is 0 Å². The maximum atomic E-state index is 11.8. The van der Waals surface area contributed by atoms with Gasteiger partial charge in [0.05, 0.1) is 0 Å². The zero-order valence-corrected chi connectivity index (χ0v) is 18.5. The predicted molar refractivity (Wildman–Crippen MR) is 122 cm³/mol. The van der Waals surface area contributed by atoms with Crippen LogP contribution in [0.25, 0.3) is 0 Å². The summed E-state index contributed by atoms with van der Waals surface area (Å²) in [6.45, 7) is 2.27. The Bertz CT molecular complexity index is 531. The Morgan fingerprint density at radius 1 is 0.621 bits per heavy atom. The minimum absolute atomic E-state index is 0.121. The van der Waals surface area contributed by atoms with Crippen molar-refractivity contribution in [1.29, 1.82) is 0 Å². The first-order valence-corrected chi connectivity index (χ1v) is 11.9. The van der Waals surface area contributed by atoms with E-state index in [0.717, 1.165) is 12.8 Å². The summed E-state index contributed by atoms with van der Waals surface area (Å²) >= 11 is 0. The van der Waals surface area contributed by atoms with Gasteiger partial charge in [-0.3, -0.25) is 20.4 Å². The third-order valence-electron chi connectivity index (χ3n) is 5.36. The largest absolute Gasteiger partial charge is 0.273 e. The van der Waals surface area contributed by atoms with Crippen LogP contribution in [0.4, 0.5) is 0 Å². The van der Waals surface area contributed by atoms with E-state index in [0.29, 0.717) is 12.0 Å². The zero-order valence-electron chi connectivity index (χ0n) is 18.5. The fourth-order valence-electron chi connectivity index (χ4n) is 3.51. The molecule has 0 bridgehead atoms. The van der Waals surface area contributed by atoms with Gasteiger partial charge in [-0.05, 0) is 18.6 Å². The first-order chi connectivity index (χ1) is 14.2. The number of carbonyl (C=O) groups is 2. The molecule has 0 spiro atoms. The lowest BCUT2D eigenvalue weighted by molar-refractivity contribution is -0.122. The first-order valence-electron chi connectivity index (χ1n) is 11.9. The number of carbonyl (C=O) groups excluding carboxylic acids is 2. The van der Waals surface area contributed by atoms with Crippen LogP contribution in [0.2, 0.25) is 0 Å². The van der Waals surface area contributed by atoms with Gasteiger partial charge in [-0.15, -0.1) is 0 Å². The minimum Gasteiger partial charge on any atom is -0.273 e. The lowest BCUT2D eigenvalue weighted by Gasteiger charge is -2.07. The smallest absolute Gasteiger partial charge is 0.269 e. The van der Waals surface area contributed by atoms with Crippen molar-refractivity contribution in [2.24, 2.45) is 0 Å². The molecule has 0 heterocycles. The topological polar surface area (TPSA) is 58.2 Å². The van der Waals surface area contributed by atoms with Crippen LogP contribution in [0.1, 0.15) is 120 Å². The summed E-state index contributed by atoms with van der Waals surface area (Å²) in [7, 11) is 0. The third-order valence-corrected chi connectivity index (χ3v) is 5.36. The van der Waals surface area contributed by atoms with Crippen molar-refractivity contribution in [3.05, 3.63) is 35.9 Å². The van der Waals surface area contributed by atoms with Crippen molar-refractivity contribution < 1.29 is 9.59 Å². The lowest BCUT2D eigenvalue weighted by Crippen LogP contribution is -2.41. The Hall–Kier alpha value is -1.84. The van der Waals surface area contributed by atoms with Crippen LogP contribution in [0.3, 0.4) is 0 Å². The van der Waals surface area contributed by atoms with Crippen LogP contribution in [-0.2, 0) is 4.79 Å². The molecule has 29 heavy (non-hydrogen) atoms. The van der Waals surface area contributed by atoms with E-state index < -0.39 is 0 Å². The summed E-state index contributed by atoms with van der Waals surface area (Å²) in [5, 5.41) is 0. The van der Waals surface area contributed by atoms with Crippen molar-refractivity contribution in [2.75, 3.05) is 0 Å². The number of benzene rings is 1. The molecule has 4 nitrogen and oxygen atoms in total. The monoisotopic (exact) mass is 402 g/mol. The maximum absolute atomic E-state index is 11.8. The van der Waals surface area contributed by atoms with E-state index in [4.69, 9.17) is 0 Å². The van der Waals surface area contributed by atoms with Gasteiger partial charge in [-0.25, -0.2) is 0 Å². The van der Waals surface area contributed by atoms with Gasteiger partial charge in [0, 0.05) is 12.0 Å². The fourth-order valence-corrected chi connectivity index (χ4v) is 3.51. The molecule has 0 aliphatic heterocycles. The van der Waals surface area contributed by atoms with E-state index >= 15 is 0 Å². The van der Waals surface area contributed by atoms with E-state index in [1.165, 1.54) is 83.5 Å². The van der Waals surface area contributed by atoms with Crippen LogP contribution in [0.5, 0.6) is 0 Å². The Kier molecular flexibility index (Phi) is 15.8. The molecule has 4 heteroatoms. The summed E-state index contributed by atoms with van der Waals surface area (Å²) in [6, 6.07) is 8.89. The molecule has 2 amide bonds. The van der Waals surface area contributed by atoms with Crippen LogP contribution in [-0.4, -0.2) is 11.8 Å². The van der Waals surface area contributed by atoms with E-state index in [-0.39, 0.29) is 11.8 Å². The van der Waals surface area contributed by atoms with Crippen LogP contribution < -0.4 is 10.9 Å². The van der Waals surface area contributed by atoms with Crippen molar-refractivity contribution in [1.82, 2.24) is 10.9 Å². The van der Waals surface area contributed by atoms with Crippen LogP contribution in [0, 0.1) is 0 Å². The van der Waals surface area contributed by atoms with Gasteiger partial charge in [-0.1, -0.05) is 115 Å². The van der Waals surface area contributed by atoms with Crippen LogP contribution >= 0.6 is 0 Å². The van der Waals surface area contributed by atoms with Crippen LogP contribution in [0.15, 0.2) is 30.3 Å². The molecule has 0 fully saturated rings. The molecule has 0 aliphatic rings. The normalized spacial score (nSPS) is 10.7. The Morgan fingerprint density at radius 2 is 1.07 bits per heavy atom. The molecule has 0 atom stereocenters. The second kappa shape index (κ2) is 18.2. The number of hydrogen-bond donors (Lipinski definition) is 2. The quantitative estimate of drug-likeness (QED) is 0.225. The Balaban J connectivity index is 1.82. The standard InChI is InChI=1S/C25H42N2O2/c1-2-3-4-5-6-7-8-9-10-11-12-13-14-15-19-22-24(28)26-27-25(29)23-20-17-16-18-21-23/h16-18,20-21H,2-15,19,22H2,1H3,(H,26,28)(H,27,29). The minimum atomic E-state index is -0.282. The summed E-state index contributed by atoms with van der Waals surface area (Å²) in [5.41, 5.74) is 5.50. The van der Waals surface area contributed by atoms with Gasteiger partial charge in [0.1, 0.15) is 0 Å². The average Bonchev–Trinajstić information content (AvgIpc) is 2.75. The molecule has 0 aliphatic carbocycles. The first kappa shape index (κ1) is 25.2. The fraction of sp³-hybridized carbons (Fsp3) is 0.680. The molecule has 1 aromatic rings. The van der Waals surface area contributed by atoms with Crippen molar-refractivity contribution in [3.8, 4) is 0 Å². The van der Waals surface area contributed by atoms with Crippen molar-refractivity contribution in [3.63, 3.8) is 0 Å². The number of hydrazine groups is 1. The maximum Gasteiger partial charge on any atom is 0.269 e. The van der Waals surface area contributed by atoms with E-state index in [1.54, 1.807) is 24.3 Å². The Morgan fingerprint density at radius 3 is 1.55 bits per heavy atom. The van der Waals surface area contributed by atoms with Gasteiger partial charge in [0.25, 0.3) is 5.91 Å². The molecular weight excluding hydrogens is 360 g/mol. The highest BCUT2D eigenvalue weighted by molar-refractivity contribution is 5.95. The van der Waals surface area contributed by atoms with Gasteiger partial charge in [-0.2, -0.15) is 0 Å². The highest BCUT2D eigenvalue weighted by atomic mass is 16.2. The number of nitrogens with one attached hydrogen (secondary N) is 2. The van der Waals surface area contributed by atoms with E-state index in [2.05, 4.69) is 17.8 Å². The van der Waals surface area contributed by atoms with Gasteiger partial charge >= 0.3 is 0 Å². The lowest BCUT2D eigenvalue weighted by atomic mass is 10.0. The second-order valence-corrected chi connectivity index (χ2v) is 8.07. The van der Waals surface area contributed by atoms with E-state index in [1.807, 2.05) is 6.07 Å². The molecule has 0 saturated heterocycles. The molecule has 1 rings (SSSR count). The molecule has 0 unspecified atom stereocenters. The zero-order chi connectivity index (χ0) is 21.0. The summed E-state index contributed by atoms with van der Waals surface area (Å²) in [4.78, 5) is 23.6. The molecule has 0 radical (unpaired) electrons. The second-order valence-electron chi connectivity index (χ2n) is 8.07. The molecule has 2 N–H and O–H groups in total. The summed E-state index contributed by atoms with van der Waals surface area (Å²) < 4.78 is 0. The van der Waals surface area contributed by atoms with Gasteiger partial charge in [0.2, 0.25) is 5.91 Å². The van der Waals surface area contributed by atoms with E-state index in [9.17, 15) is 9.59 Å². The SMILES string of the molecule is CCCCCCCCCCCCCCCCCC(=O)NNC(=O)c1ccccc1. The Labute approximate surface area is 178 Å². The van der Waals surface area contributed by atoms with Crippen molar-refractivity contribution >= 4 is 11.8 Å². The summed E-state index contributed by atoms with van der Waals surface area (Å²) in [5.74, 6) is -0.403. The molecular formula is C25H42N2O2. The molecule has 1 aromatic carbocycles. The van der Waals surface area contributed by atoms with Gasteiger partial charge in [0.15, 0.2) is 0 Å². The number of amides is 2. The number of rotatable bonds is 17. The molecule has 0 saturated carbocycles. The highest BCUT2D eigenvalue weighted by Gasteiger charge is 2.06. The molecule has 0 aromatic heterocycles. The van der Waals surface area contributed by atoms with Crippen molar-refractivity contribution in [2.45, 2.75) is 110 Å². The number of hydrogen-bond acceptors (Lipinski definition) is 2. The highest BCUT2D eigenvalue weighted by Crippen LogP contribution is 2.13. The average molecular weight is 403 g/mol. The third kappa shape index (κ3) is 14.8. The summed E-state index contributed by atoms with van der Waals surface area (Å²) in [6.07, 6.45) is 20.1.